The number of H-pyrrole nitrogens is 1. The van der Waals surface area contributed by atoms with Gasteiger partial charge >= 0.3 is 5.97 Å². The van der Waals surface area contributed by atoms with E-state index in [2.05, 4.69) is 36.2 Å². The quantitative estimate of drug-likeness (QED) is 0.689. The van der Waals surface area contributed by atoms with Crippen molar-refractivity contribution in [1.82, 2.24) is 4.98 Å². The van der Waals surface area contributed by atoms with Crippen LogP contribution < -0.4 is 0 Å². The second-order valence-corrected chi connectivity index (χ2v) is 5.81. The van der Waals surface area contributed by atoms with Crippen molar-refractivity contribution < 1.29 is 9.53 Å². The Morgan fingerprint density at radius 3 is 2.42 bits per heavy atom. The lowest BCUT2D eigenvalue weighted by Gasteiger charge is -2.08. The fraction of sp³-hybridized carbons (Fsp3) is 0.190. The molecule has 0 radical (unpaired) electrons. The summed E-state index contributed by atoms with van der Waals surface area (Å²) in [4.78, 5) is 15.8. The van der Waals surface area contributed by atoms with Gasteiger partial charge in [-0.15, -0.1) is 0 Å². The fourth-order valence-corrected chi connectivity index (χ4v) is 2.80. The van der Waals surface area contributed by atoms with Crippen molar-refractivity contribution in [3.63, 3.8) is 0 Å². The van der Waals surface area contributed by atoms with E-state index < -0.39 is 0 Å². The Hall–Kier alpha value is -2.81. The molecule has 3 rings (SSSR count). The minimum Gasteiger partial charge on any atom is -0.462 e. The number of aromatic nitrogens is 1. The number of nitrogens with one attached hydrogen (secondary N) is 1. The van der Waals surface area contributed by atoms with Crippen LogP contribution in [0.25, 0.3) is 11.3 Å². The van der Waals surface area contributed by atoms with Crippen molar-refractivity contribution in [1.29, 1.82) is 0 Å². The third-order valence-electron chi connectivity index (χ3n) is 4.02. The van der Waals surface area contributed by atoms with Crippen LogP contribution in [-0.4, -0.2) is 17.6 Å². The third-order valence-corrected chi connectivity index (χ3v) is 4.02. The zero-order chi connectivity index (χ0) is 16.9. The number of rotatable bonds is 5. The van der Waals surface area contributed by atoms with E-state index in [1.54, 1.807) is 0 Å². The largest absolute Gasteiger partial charge is 0.462 e. The summed E-state index contributed by atoms with van der Waals surface area (Å²) in [7, 11) is 0. The Balaban J connectivity index is 2.01. The molecule has 3 aromatic rings. The molecule has 0 fully saturated rings. The molecule has 122 valence electrons. The molecule has 0 spiro atoms. The Morgan fingerprint density at radius 2 is 1.75 bits per heavy atom. The molecule has 0 amide bonds. The van der Waals surface area contributed by atoms with Crippen LogP contribution in [0.1, 0.15) is 34.0 Å². The van der Waals surface area contributed by atoms with E-state index in [9.17, 15) is 4.79 Å². The first-order valence-corrected chi connectivity index (χ1v) is 8.17. The molecule has 0 saturated carbocycles. The molecular formula is C21H21NO2. The van der Waals surface area contributed by atoms with Crippen molar-refractivity contribution in [2.24, 2.45) is 0 Å². The zero-order valence-electron chi connectivity index (χ0n) is 14.0. The Morgan fingerprint density at radius 1 is 1.04 bits per heavy atom. The highest BCUT2D eigenvalue weighted by Crippen LogP contribution is 2.28. The number of benzene rings is 2. The molecule has 0 aliphatic rings. The molecule has 1 heterocycles. The van der Waals surface area contributed by atoms with E-state index in [4.69, 9.17) is 4.74 Å². The highest BCUT2D eigenvalue weighted by molar-refractivity contribution is 5.98. The Labute approximate surface area is 142 Å². The lowest BCUT2D eigenvalue weighted by molar-refractivity contribution is 0.0526. The first kappa shape index (κ1) is 16.1. The molecule has 2 aromatic carbocycles. The van der Waals surface area contributed by atoms with Gasteiger partial charge in [0.2, 0.25) is 0 Å². The summed E-state index contributed by atoms with van der Waals surface area (Å²) >= 11 is 0. The number of esters is 1. The normalized spacial score (nSPS) is 10.6. The van der Waals surface area contributed by atoms with Crippen LogP contribution in [0.15, 0.2) is 60.8 Å². The zero-order valence-corrected chi connectivity index (χ0v) is 14.0. The van der Waals surface area contributed by atoms with Gasteiger partial charge < -0.3 is 9.72 Å². The molecule has 24 heavy (non-hydrogen) atoms. The molecule has 1 aromatic heterocycles. The summed E-state index contributed by atoms with van der Waals surface area (Å²) in [6, 6.07) is 18.2. The summed E-state index contributed by atoms with van der Waals surface area (Å²) in [5.74, 6) is -0.278. The molecule has 0 aliphatic carbocycles. The fourth-order valence-electron chi connectivity index (χ4n) is 2.80. The van der Waals surface area contributed by atoms with E-state index in [0.717, 1.165) is 16.8 Å². The molecule has 0 bridgehead atoms. The highest BCUT2D eigenvalue weighted by atomic mass is 16.5. The number of carbonyl (C=O) groups excluding carboxylic acids is 1. The van der Waals surface area contributed by atoms with Crippen LogP contribution in [0.3, 0.4) is 0 Å². The van der Waals surface area contributed by atoms with Gasteiger partial charge in [0.15, 0.2) is 0 Å². The van der Waals surface area contributed by atoms with Crippen LogP contribution in [0, 0.1) is 6.92 Å². The topological polar surface area (TPSA) is 42.1 Å². The highest BCUT2D eigenvalue weighted by Gasteiger charge is 2.21. The molecule has 3 nitrogen and oxygen atoms in total. The predicted octanol–water partition coefficient (Wildman–Crippen LogP) is 4.76. The van der Waals surface area contributed by atoms with Crippen LogP contribution >= 0.6 is 0 Å². The maximum absolute atomic E-state index is 12.5. The van der Waals surface area contributed by atoms with Gasteiger partial charge in [0.05, 0.1) is 17.9 Å². The van der Waals surface area contributed by atoms with Crippen LogP contribution in [-0.2, 0) is 11.2 Å². The summed E-state index contributed by atoms with van der Waals surface area (Å²) < 4.78 is 5.29. The number of aryl methyl sites for hydroxylation is 1. The van der Waals surface area contributed by atoms with Gasteiger partial charge in [-0.2, -0.15) is 0 Å². The average molecular weight is 319 g/mol. The summed E-state index contributed by atoms with van der Waals surface area (Å²) in [5, 5.41) is 0. The SMILES string of the molecule is CCOC(=O)c1c(Cc2ccc(C)cc2)c[nH]c1-c1ccccc1. The second kappa shape index (κ2) is 7.18. The molecule has 1 N–H and O–H groups in total. The van der Waals surface area contributed by atoms with Gasteiger partial charge in [0.1, 0.15) is 0 Å². The van der Waals surface area contributed by atoms with Gasteiger partial charge in [0, 0.05) is 6.20 Å². The Bertz CT molecular complexity index is 817. The lowest BCUT2D eigenvalue weighted by Crippen LogP contribution is -2.08. The maximum atomic E-state index is 12.5. The number of ether oxygens (including phenoxy) is 1. The molecule has 0 atom stereocenters. The second-order valence-electron chi connectivity index (χ2n) is 5.81. The van der Waals surface area contributed by atoms with Crippen molar-refractivity contribution in [3.8, 4) is 11.3 Å². The minimum absolute atomic E-state index is 0.278. The molecule has 3 heteroatoms. The Kier molecular flexibility index (Phi) is 4.80. The van der Waals surface area contributed by atoms with Crippen molar-refractivity contribution in [2.75, 3.05) is 6.61 Å². The van der Waals surface area contributed by atoms with E-state index in [-0.39, 0.29) is 5.97 Å². The number of hydrogen-bond donors (Lipinski definition) is 1. The summed E-state index contributed by atoms with van der Waals surface area (Å²) in [5.41, 5.74) is 5.78. The maximum Gasteiger partial charge on any atom is 0.340 e. The monoisotopic (exact) mass is 319 g/mol. The van der Waals surface area contributed by atoms with Crippen LogP contribution in [0.4, 0.5) is 0 Å². The first-order chi connectivity index (χ1) is 11.7. The molecule has 0 aliphatic heterocycles. The average Bonchev–Trinajstić information content (AvgIpc) is 3.01. The predicted molar refractivity (Wildman–Crippen MR) is 96.2 cm³/mol. The van der Waals surface area contributed by atoms with Crippen molar-refractivity contribution >= 4 is 5.97 Å². The van der Waals surface area contributed by atoms with Crippen molar-refractivity contribution in [3.05, 3.63) is 83.0 Å². The van der Waals surface area contributed by atoms with Gasteiger partial charge in [-0.3, -0.25) is 0 Å². The minimum atomic E-state index is -0.278. The molecular weight excluding hydrogens is 298 g/mol. The van der Waals surface area contributed by atoms with Gasteiger partial charge in [-0.25, -0.2) is 4.79 Å². The first-order valence-electron chi connectivity index (χ1n) is 8.17. The van der Waals surface area contributed by atoms with Gasteiger partial charge in [-0.05, 0) is 37.0 Å². The third kappa shape index (κ3) is 3.40. The van der Waals surface area contributed by atoms with Crippen molar-refractivity contribution in [2.45, 2.75) is 20.3 Å². The van der Waals surface area contributed by atoms with Crippen LogP contribution in [0.2, 0.25) is 0 Å². The standard InChI is InChI=1S/C21H21NO2/c1-3-24-21(23)19-18(13-16-11-9-15(2)10-12-16)14-22-20(19)17-7-5-4-6-8-17/h4-12,14,22H,3,13H2,1-2H3. The van der Waals surface area contributed by atoms with E-state index in [0.29, 0.717) is 18.6 Å². The van der Waals surface area contributed by atoms with Crippen LogP contribution in [0.5, 0.6) is 0 Å². The van der Waals surface area contributed by atoms with Gasteiger partial charge in [-0.1, -0.05) is 60.2 Å². The molecule has 0 unspecified atom stereocenters. The summed E-state index contributed by atoms with van der Waals surface area (Å²) in [6.07, 6.45) is 2.60. The summed E-state index contributed by atoms with van der Waals surface area (Å²) in [6.45, 7) is 4.26. The van der Waals surface area contributed by atoms with E-state index >= 15 is 0 Å². The lowest BCUT2D eigenvalue weighted by atomic mass is 9.99. The smallest absolute Gasteiger partial charge is 0.340 e. The van der Waals surface area contributed by atoms with E-state index in [1.165, 1.54) is 11.1 Å². The van der Waals surface area contributed by atoms with E-state index in [1.807, 2.05) is 43.5 Å². The molecule has 0 saturated heterocycles. The number of carbonyl (C=O) groups is 1. The number of aromatic amines is 1. The van der Waals surface area contributed by atoms with Gasteiger partial charge in [0.25, 0.3) is 0 Å². The number of hydrogen-bond acceptors (Lipinski definition) is 2.